The second-order valence-corrected chi connectivity index (χ2v) is 7.39. The summed E-state index contributed by atoms with van der Waals surface area (Å²) in [6, 6.07) is 15.7. The number of ether oxygens (including phenoxy) is 1. The van der Waals surface area contributed by atoms with E-state index in [4.69, 9.17) is 4.74 Å². The first-order chi connectivity index (χ1) is 15.0. The Morgan fingerprint density at radius 1 is 1.03 bits per heavy atom. The van der Waals surface area contributed by atoms with Gasteiger partial charge in [-0.1, -0.05) is 56.3 Å². The average Bonchev–Trinajstić information content (AvgIpc) is 3.05. The van der Waals surface area contributed by atoms with E-state index in [-0.39, 0.29) is 11.3 Å². The Kier molecular flexibility index (Phi) is 7.47. The normalized spacial score (nSPS) is 18.1. The Morgan fingerprint density at radius 3 is 2.39 bits per heavy atom. The van der Waals surface area contributed by atoms with Gasteiger partial charge in [0.2, 0.25) is 0 Å². The van der Waals surface area contributed by atoms with Crippen LogP contribution in [0.5, 0.6) is 5.75 Å². The van der Waals surface area contributed by atoms with Gasteiger partial charge in [0.15, 0.2) is 0 Å². The number of carbonyl (C=O) groups excluding carboxylic acids is 2. The highest BCUT2D eigenvalue weighted by Crippen LogP contribution is 2.39. The first-order valence-corrected chi connectivity index (χ1v) is 10.8. The minimum absolute atomic E-state index is 0.115. The average molecular weight is 423 g/mol. The van der Waals surface area contributed by atoms with E-state index in [0.717, 1.165) is 18.7 Å². The summed E-state index contributed by atoms with van der Waals surface area (Å²) in [5.41, 5.74) is 1.36. The number of rotatable bonds is 9. The third kappa shape index (κ3) is 4.80. The number of aliphatic hydroxyl groups excluding tert-OH is 1. The van der Waals surface area contributed by atoms with Crippen LogP contribution in [0.4, 0.5) is 0 Å². The van der Waals surface area contributed by atoms with Crippen LogP contribution < -0.4 is 4.74 Å². The van der Waals surface area contributed by atoms with Crippen molar-refractivity contribution in [1.82, 2.24) is 9.80 Å². The van der Waals surface area contributed by atoms with Crippen molar-refractivity contribution in [2.45, 2.75) is 26.8 Å². The molecule has 0 saturated carbocycles. The summed E-state index contributed by atoms with van der Waals surface area (Å²) in [6.45, 7) is 9.29. The third-order valence-electron chi connectivity index (χ3n) is 5.63. The molecule has 0 spiro atoms. The molecule has 0 radical (unpaired) electrons. The zero-order valence-electron chi connectivity index (χ0n) is 18.4. The lowest BCUT2D eigenvalue weighted by atomic mass is 9.95. The van der Waals surface area contributed by atoms with Crippen LogP contribution in [0.2, 0.25) is 0 Å². The topological polar surface area (TPSA) is 70.1 Å². The number of nitrogens with zero attached hydrogens (tertiary/aromatic N) is 2. The minimum atomic E-state index is -0.660. The van der Waals surface area contributed by atoms with Crippen molar-refractivity contribution in [3.63, 3.8) is 0 Å². The summed E-state index contributed by atoms with van der Waals surface area (Å²) in [5, 5.41) is 11.1. The molecule has 2 aromatic carbocycles. The van der Waals surface area contributed by atoms with E-state index in [0.29, 0.717) is 31.0 Å². The molecule has 2 aromatic rings. The lowest BCUT2D eigenvalue weighted by Gasteiger charge is -2.28. The maximum Gasteiger partial charge on any atom is 0.295 e. The lowest BCUT2D eigenvalue weighted by molar-refractivity contribution is -0.140. The Hall–Kier alpha value is -3.12. The van der Waals surface area contributed by atoms with E-state index in [2.05, 4.69) is 18.7 Å². The van der Waals surface area contributed by atoms with E-state index >= 15 is 0 Å². The monoisotopic (exact) mass is 422 g/mol. The molecule has 1 amide bonds. The van der Waals surface area contributed by atoms with Crippen molar-refractivity contribution in [3.05, 3.63) is 71.3 Å². The fourth-order valence-corrected chi connectivity index (χ4v) is 3.94. The molecule has 1 aliphatic heterocycles. The molecule has 1 aliphatic rings. The van der Waals surface area contributed by atoms with Crippen molar-refractivity contribution < 1.29 is 19.4 Å². The van der Waals surface area contributed by atoms with E-state index in [1.165, 1.54) is 0 Å². The summed E-state index contributed by atoms with van der Waals surface area (Å²) in [7, 11) is 0. The second-order valence-electron chi connectivity index (χ2n) is 7.39. The molecule has 0 aromatic heterocycles. The largest absolute Gasteiger partial charge is 0.507 e. The van der Waals surface area contributed by atoms with Crippen LogP contribution in [-0.2, 0) is 9.59 Å². The number of hydrogen-bond donors (Lipinski definition) is 1. The molecule has 1 fully saturated rings. The highest BCUT2D eigenvalue weighted by atomic mass is 16.5. The molecule has 1 atom stereocenters. The number of aliphatic hydroxyl groups is 1. The fourth-order valence-electron chi connectivity index (χ4n) is 3.94. The number of carbonyl (C=O) groups is 2. The molecule has 0 bridgehead atoms. The van der Waals surface area contributed by atoms with Gasteiger partial charge in [0.1, 0.15) is 11.5 Å². The summed E-state index contributed by atoms with van der Waals surface area (Å²) in [4.78, 5) is 29.8. The highest BCUT2D eigenvalue weighted by Gasteiger charge is 2.45. The van der Waals surface area contributed by atoms with Crippen molar-refractivity contribution in [3.8, 4) is 5.75 Å². The standard InChI is InChI=1S/C25H30N2O4/c1-4-26(5-2)15-16-27-22(18-11-8-7-9-12-18)21(24(29)25(27)30)23(28)19-13-10-14-20(17-19)31-6-3/h7-14,17,22,28H,4-6,15-16H2,1-3H3. The third-order valence-corrected chi connectivity index (χ3v) is 5.63. The number of likely N-dealkylation sites (N-methyl/N-ethyl adjacent to an activating group) is 1. The van der Waals surface area contributed by atoms with Crippen LogP contribution in [0.25, 0.3) is 5.76 Å². The number of benzene rings is 2. The van der Waals surface area contributed by atoms with Gasteiger partial charge in [0.05, 0.1) is 18.2 Å². The smallest absolute Gasteiger partial charge is 0.295 e. The zero-order chi connectivity index (χ0) is 22.4. The molecular formula is C25H30N2O4. The number of amides is 1. The van der Waals surface area contributed by atoms with Crippen molar-refractivity contribution in [2.24, 2.45) is 0 Å². The second kappa shape index (κ2) is 10.3. The minimum Gasteiger partial charge on any atom is -0.507 e. The Bertz CT molecular complexity index is 951. The number of Topliss-reactive ketones (excluding diaryl/α,β-unsaturated/α-hetero) is 1. The summed E-state index contributed by atoms with van der Waals surface area (Å²) >= 11 is 0. The van der Waals surface area contributed by atoms with Crippen molar-refractivity contribution in [1.29, 1.82) is 0 Å². The summed E-state index contributed by atoms with van der Waals surface area (Å²) < 4.78 is 5.53. The predicted molar refractivity (Wildman–Crippen MR) is 121 cm³/mol. The summed E-state index contributed by atoms with van der Waals surface area (Å²) in [5.74, 6) is -0.825. The van der Waals surface area contributed by atoms with E-state index < -0.39 is 17.7 Å². The lowest BCUT2D eigenvalue weighted by Crippen LogP contribution is -2.38. The van der Waals surface area contributed by atoms with Gasteiger partial charge in [-0.05, 0) is 37.7 Å². The molecule has 0 aliphatic carbocycles. The zero-order valence-corrected chi connectivity index (χ0v) is 18.4. The SMILES string of the molecule is CCOc1cccc(C(O)=C2C(=O)C(=O)N(CCN(CC)CC)C2c2ccccc2)c1. The van der Waals surface area contributed by atoms with E-state index in [1.54, 1.807) is 29.2 Å². The van der Waals surface area contributed by atoms with Crippen molar-refractivity contribution >= 4 is 17.4 Å². The number of hydrogen-bond acceptors (Lipinski definition) is 5. The van der Waals surface area contributed by atoms with Crippen LogP contribution in [0.15, 0.2) is 60.2 Å². The van der Waals surface area contributed by atoms with E-state index in [1.807, 2.05) is 37.3 Å². The van der Waals surface area contributed by atoms with Gasteiger partial charge in [0, 0.05) is 18.7 Å². The van der Waals surface area contributed by atoms with Gasteiger partial charge in [-0.25, -0.2) is 0 Å². The quantitative estimate of drug-likeness (QED) is 0.378. The molecular weight excluding hydrogens is 392 g/mol. The first-order valence-electron chi connectivity index (χ1n) is 10.8. The van der Waals surface area contributed by atoms with Crippen LogP contribution in [-0.4, -0.2) is 59.4 Å². The van der Waals surface area contributed by atoms with Gasteiger partial charge in [0.25, 0.3) is 11.7 Å². The maximum absolute atomic E-state index is 13.1. The highest BCUT2D eigenvalue weighted by molar-refractivity contribution is 6.46. The molecule has 1 N–H and O–H groups in total. The summed E-state index contributed by atoms with van der Waals surface area (Å²) in [6.07, 6.45) is 0. The molecule has 3 rings (SSSR count). The molecule has 31 heavy (non-hydrogen) atoms. The maximum atomic E-state index is 13.1. The fraction of sp³-hybridized carbons (Fsp3) is 0.360. The first kappa shape index (κ1) is 22.6. The Balaban J connectivity index is 2.06. The van der Waals surface area contributed by atoms with Gasteiger partial charge < -0.3 is 19.6 Å². The van der Waals surface area contributed by atoms with Crippen LogP contribution in [0.3, 0.4) is 0 Å². The molecule has 1 saturated heterocycles. The predicted octanol–water partition coefficient (Wildman–Crippen LogP) is 3.85. The molecule has 6 nitrogen and oxygen atoms in total. The number of likely N-dealkylation sites (tertiary alicyclic amines) is 1. The Labute approximate surface area is 183 Å². The van der Waals surface area contributed by atoms with Crippen LogP contribution in [0, 0.1) is 0 Å². The molecule has 164 valence electrons. The van der Waals surface area contributed by atoms with Gasteiger partial charge in [-0.2, -0.15) is 0 Å². The van der Waals surface area contributed by atoms with E-state index in [9.17, 15) is 14.7 Å². The van der Waals surface area contributed by atoms with Crippen molar-refractivity contribution in [2.75, 3.05) is 32.8 Å². The van der Waals surface area contributed by atoms with Gasteiger partial charge in [-0.15, -0.1) is 0 Å². The van der Waals surface area contributed by atoms with Gasteiger partial charge >= 0.3 is 0 Å². The Morgan fingerprint density at radius 2 is 1.74 bits per heavy atom. The van der Waals surface area contributed by atoms with Gasteiger partial charge in [-0.3, -0.25) is 9.59 Å². The van der Waals surface area contributed by atoms with Crippen LogP contribution in [0.1, 0.15) is 37.9 Å². The number of ketones is 1. The van der Waals surface area contributed by atoms with Crippen LogP contribution >= 0.6 is 0 Å². The molecule has 1 heterocycles. The molecule has 6 heteroatoms. The molecule has 1 unspecified atom stereocenters.